The summed E-state index contributed by atoms with van der Waals surface area (Å²) in [5.74, 6) is 0.239. The Morgan fingerprint density at radius 2 is 1.83 bits per heavy atom. The molecule has 0 aliphatic carbocycles. The standard InChI is InChI=1S/C26H27N7O3/c1-17-21-9-8-18(14-22(21)30(2)28-17)24-27-26(36-29-24)32-12-10-31(11-13-32)25(35)19-15-23(34)33(16-19)20-6-4-3-5-7-20/h3-9,14,19H,10-13,15-16H2,1-2H3. The first kappa shape index (κ1) is 22.3. The van der Waals surface area contributed by atoms with Gasteiger partial charge in [0.05, 0.1) is 17.1 Å². The largest absolute Gasteiger partial charge is 0.339 e. The van der Waals surface area contributed by atoms with Gasteiger partial charge in [0.25, 0.3) is 0 Å². The minimum Gasteiger partial charge on any atom is -0.339 e. The first-order valence-corrected chi connectivity index (χ1v) is 12.1. The monoisotopic (exact) mass is 485 g/mol. The number of hydrogen-bond donors (Lipinski definition) is 0. The lowest BCUT2D eigenvalue weighted by molar-refractivity contribution is -0.136. The zero-order chi connectivity index (χ0) is 24.8. The number of carbonyl (C=O) groups excluding carboxylic acids is 2. The van der Waals surface area contributed by atoms with Gasteiger partial charge in [-0.15, -0.1) is 0 Å². The number of rotatable bonds is 4. The van der Waals surface area contributed by atoms with E-state index in [0.717, 1.165) is 27.8 Å². The Morgan fingerprint density at radius 1 is 1.06 bits per heavy atom. The van der Waals surface area contributed by atoms with Gasteiger partial charge >= 0.3 is 6.01 Å². The second-order valence-corrected chi connectivity index (χ2v) is 9.39. The lowest BCUT2D eigenvalue weighted by atomic mass is 10.1. The molecule has 0 saturated carbocycles. The average molecular weight is 486 g/mol. The van der Waals surface area contributed by atoms with E-state index in [4.69, 9.17) is 4.52 Å². The van der Waals surface area contributed by atoms with Gasteiger partial charge in [-0.25, -0.2) is 0 Å². The van der Waals surface area contributed by atoms with Crippen LogP contribution in [0.15, 0.2) is 53.1 Å². The van der Waals surface area contributed by atoms with Gasteiger partial charge in [0, 0.05) is 62.8 Å². The van der Waals surface area contributed by atoms with Crippen LogP contribution in [0.1, 0.15) is 12.1 Å². The molecule has 0 bridgehead atoms. The molecular weight excluding hydrogens is 458 g/mol. The Hall–Kier alpha value is -4.21. The smallest absolute Gasteiger partial charge is 0.324 e. The number of fused-ring (bicyclic) bond motifs is 1. The van der Waals surface area contributed by atoms with E-state index >= 15 is 0 Å². The number of nitrogens with zero attached hydrogens (tertiary/aromatic N) is 7. The van der Waals surface area contributed by atoms with Crippen LogP contribution in [-0.4, -0.2) is 69.4 Å². The lowest BCUT2D eigenvalue weighted by Crippen LogP contribution is -2.50. The Bertz CT molecular complexity index is 1440. The minimum atomic E-state index is -0.315. The average Bonchev–Trinajstić information content (AvgIpc) is 3.62. The summed E-state index contributed by atoms with van der Waals surface area (Å²) in [6.45, 7) is 4.70. The summed E-state index contributed by atoms with van der Waals surface area (Å²) in [6, 6.07) is 16.0. The predicted octanol–water partition coefficient (Wildman–Crippen LogP) is 2.63. The Balaban J connectivity index is 1.09. The molecule has 4 heterocycles. The van der Waals surface area contributed by atoms with Crippen LogP contribution in [-0.2, 0) is 16.6 Å². The van der Waals surface area contributed by atoms with Crippen LogP contribution in [0.4, 0.5) is 11.7 Å². The topological polar surface area (TPSA) is 101 Å². The number of benzene rings is 2. The maximum Gasteiger partial charge on any atom is 0.324 e. The number of carbonyl (C=O) groups is 2. The SMILES string of the molecule is Cc1nn(C)c2cc(-c3noc(N4CCN(C(=O)C5CC(=O)N(c6ccccc6)C5)CC4)n3)ccc12. The number of anilines is 2. The van der Waals surface area contributed by atoms with E-state index in [1.54, 1.807) is 4.90 Å². The molecule has 6 rings (SSSR count). The molecule has 4 aromatic rings. The van der Waals surface area contributed by atoms with E-state index in [2.05, 4.69) is 15.2 Å². The molecule has 2 aliphatic rings. The van der Waals surface area contributed by atoms with Crippen molar-refractivity contribution in [3.05, 3.63) is 54.2 Å². The van der Waals surface area contributed by atoms with Crippen molar-refractivity contribution in [1.82, 2.24) is 24.8 Å². The summed E-state index contributed by atoms with van der Waals surface area (Å²) in [5, 5.41) is 9.75. The molecule has 0 radical (unpaired) electrons. The normalized spacial score (nSPS) is 18.4. The zero-order valence-electron chi connectivity index (χ0n) is 20.3. The molecule has 0 spiro atoms. The van der Waals surface area contributed by atoms with Gasteiger partial charge in [0.1, 0.15) is 0 Å². The van der Waals surface area contributed by atoms with E-state index in [-0.39, 0.29) is 24.2 Å². The second-order valence-electron chi connectivity index (χ2n) is 9.39. The molecule has 2 fully saturated rings. The molecule has 0 N–H and O–H groups in total. The fraction of sp³-hybridized carbons (Fsp3) is 0.346. The number of piperazine rings is 1. The predicted molar refractivity (Wildman–Crippen MR) is 134 cm³/mol. The van der Waals surface area contributed by atoms with Crippen LogP contribution in [0, 0.1) is 12.8 Å². The van der Waals surface area contributed by atoms with Crippen LogP contribution in [0.3, 0.4) is 0 Å². The highest BCUT2D eigenvalue weighted by Gasteiger charge is 2.38. The van der Waals surface area contributed by atoms with Gasteiger partial charge in [-0.3, -0.25) is 14.3 Å². The highest BCUT2D eigenvalue weighted by Crippen LogP contribution is 2.28. The molecule has 184 valence electrons. The van der Waals surface area contributed by atoms with Crippen molar-refractivity contribution in [2.45, 2.75) is 13.3 Å². The van der Waals surface area contributed by atoms with E-state index in [9.17, 15) is 9.59 Å². The van der Waals surface area contributed by atoms with Gasteiger partial charge in [-0.1, -0.05) is 35.5 Å². The fourth-order valence-electron chi connectivity index (χ4n) is 5.15. The molecule has 36 heavy (non-hydrogen) atoms. The number of amides is 2. The third-order valence-corrected chi connectivity index (χ3v) is 7.11. The quantitative estimate of drug-likeness (QED) is 0.438. The number of hydrogen-bond acceptors (Lipinski definition) is 7. The highest BCUT2D eigenvalue weighted by atomic mass is 16.5. The number of para-hydroxylation sites is 1. The van der Waals surface area contributed by atoms with Crippen molar-refractivity contribution in [2.24, 2.45) is 13.0 Å². The van der Waals surface area contributed by atoms with Crippen molar-refractivity contribution in [3.63, 3.8) is 0 Å². The zero-order valence-corrected chi connectivity index (χ0v) is 20.3. The third kappa shape index (κ3) is 3.88. The van der Waals surface area contributed by atoms with E-state index in [1.165, 1.54) is 0 Å². The van der Waals surface area contributed by atoms with E-state index in [1.807, 2.05) is 77.0 Å². The summed E-state index contributed by atoms with van der Waals surface area (Å²) in [7, 11) is 1.92. The minimum absolute atomic E-state index is 0.00366. The van der Waals surface area contributed by atoms with Crippen molar-refractivity contribution in [1.29, 1.82) is 0 Å². The maximum atomic E-state index is 13.2. The molecule has 2 aromatic heterocycles. The first-order chi connectivity index (χ1) is 17.5. The summed E-state index contributed by atoms with van der Waals surface area (Å²) < 4.78 is 7.42. The fourth-order valence-corrected chi connectivity index (χ4v) is 5.15. The molecule has 2 aromatic carbocycles. The van der Waals surface area contributed by atoms with Crippen molar-refractivity contribution < 1.29 is 14.1 Å². The maximum absolute atomic E-state index is 13.2. The summed E-state index contributed by atoms with van der Waals surface area (Å²) in [5.41, 5.74) is 3.70. The second kappa shape index (κ2) is 8.78. The Morgan fingerprint density at radius 3 is 2.61 bits per heavy atom. The Labute approximate surface area is 208 Å². The molecule has 10 nitrogen and oxygen atoms in total. The molecule has 2 saturated heterocycles. The number of aryl methyl sites for hydroxylation is 2. The number of aromatic nitrogens is 4. The Kier molecular flexibility index (Phi) is 5.43. The van der Waals surface area contributed by atoms with Crippen molar-refractivity contribution >= 4 is 34.4 Å². The third-order valence-electron chi connectivity index (χ3n) is 7.11. The van der Waals surface area contributed by atoms with Crippen LogP contribution < -0.4 is 9.80 Å². The summed E-state index contributed by atoms with van der Waals surface area (Å²) in [6.07, 6.45) is 0.251. The molecule has 1 atom stereocenters. The molecule has 10 heteroatoms. The van der Waals surface area contributed by atoms with Gasteiger partial charge < -0.3 is 19.2 Å². The van der Waals surface area contributed by atoms with Crippen molar-refractivity contribution in [2.75, 3.05) is 42.5 Å². The first-order valence-electron chi connectivity index (χ1n) is 12.1. The van der Waals surface area contributed by atoms with Gasteiger partial charge in [-0.2, -0.15) is 10.1 Å². The van der Waals surface area contributed by atoms with E-state index in [0.29, 0.717) is 44.6 Å². The van der Waals surface area contributed by atoms with Crippen molar-refractivity contribution in [3.8, 4) is 11.4 Å². The molecular formula is C26H27N7O3. The molecule has 2 amide bonds. The van der Waals surface area contributed by atoms with Crippen LogP contribution >= 0.6 is 0 Å². The molecule has 1 unspecified atom stereocenters. The van der Waals surface area contributed by atoms with Crippen LogP contribution in [0.5, 0.6) is 0 Å². The molecule has 2 aliphatic heterocycles. The van der Waals surface area contributed by atoms with E-state index < -0.39 is 0 Å². The van der Waals surface area contributed by atoms with Crippen LogP contribution in [0.2, 0.25) is 0 Å². The summed E-state index contributed by atoms with van der Waals surface area (Å²) >= 11 is 0. The van der Waals surface area contributed by atoms with Gasteiger partial charge in [-0.05, 0) is 25.1 Å². The highest BCUT2D eigenvalue weighted by molar-refractivity contribution is 6.00. The van der Waals surface area contributed by atoms with Gasteiger partial charge in [0.2, 0.25) is 17.6 Å². The van der Waals surface area contributed by atoms with Crippen LogP contribution in [0.25, 0.3) is 22.3 Å². The lowest BCUT2D eigenvalue weighted by Gasteiger charge is -2.34. The summed E-state index contributed by atoms with van der Waals surface area (Å²) in [4.78, 5) is 35.9. The van der Waals surface area contributed by atoms with Gasteiger partial charge in [0.15, 0.2) is 0 Å².